The molecule has 0 amide bonds. The van der Waals surface area contributed by atoms with Gasteiger partial charge in [0.2, 0.25) is 6.79 Å². The van der Waals surface area contributed by atoms with E-state index in [0.29, 0.717) is 37.3 Å². The van der Waals surface area contributed by atoms with Crippen LogP contribution in [-0.4, -0.2) is 20.4 Å². The summed E-state index contributed by atoms with van der Waals surface area (Å²) in [6.07, 6.45) is 0. The fourth-order valence-corrected chi connectivity index (χ4v) is 5.35. The van der Waals surface area contributed by atoms with E-state index < -0.39 is 10.0 Å². The minimum atomic E-state index is -3.89. The highest BCUT2D eigenvalue weighted by atomic mass is 79.9. The first-order chi connectivity index (χ1) is 13.3. The summed E-state index contributed by atoms with van der Waals surface area (Å²) in [6, 6.07) is 4.69. The van der Waals surface area contributed by atoms with Crippen molar-refractivity contribution in [2.45, 2.75) is 18.4 Å². The SMILES string of the molecule is Cc1noc(NS(=O)(=O)c2ccsc2COc2cc3c(cc2Cl)OCO3)c1Br. The standard InChI is InChI=1S/C16H12BrClN2O6S2/c1-8-15(17)16(26-19-8)20-28(21,22)14-2-3-27-13(14)6-23-10-5-12-11(4-9(10)18)24-7-25-12/h2-5,20H,6-7H2,1H3. The molecule has 1 aliphatic rings. The third kappa shape index (κ3) is 3.66. The molecule has 1 aromatic carbocycles. The van der Waals surface area contributed by atoms with Crippen LogP contribution < -0.4 is 18.9 Å². The lowest BCUT2D eigenvalue weighted by Gasteiger charge is -2.10. The molecule has 0 atom stereocenters. The van der Waals surface area contributed by atoms with Crippen molar-refractivity contribution in [2.75, 3.05) is 11.5 Å². The average molecular weight is 508 g/mol. The molecule has 0 spiro atoms. The number of sulfonamides is 1. The van der Waals surface area contributed by atoms with Gasteiger partial charge in [-0.25, -0.2) is 13.1 Å². The predicted molar refractivity (Wildman–Crippen MR) is 106 cm³/mol. The summed E-state index contributed by atoms with van der Waals surface area (Å²) < 4.78 is 49.6. The molecule has 148 valence electrons. The van der Waals surface area contributed by atoms with Crippen molar-refractivity contribution in [3.8, 4) is 17.2 Å². The molecule has 3 heterocycles. The summed E-state index contributed by atoms with van der Waals surface area (Å²) in [7, 11) is -3.89. The maximum atomic E-state index is 12.7. The predicted octanol–water partition coefficient (Wildman–Crippen LogP) is 4.57. The topological polar surface area (TPSA) is 99.9 Å². The van der Waals surface area contributed by atoms with Crippen LogP contribution in [-0.2, 0) is 16.6 Å². The summed E-state index contributed by atoms with van der Waals surface area (Å²) in [5.74, 6) is 1.43. The second kappa shape index (κ2) is 7.47. The number of nitrogens with one attached hydrogen (secondary N) is 1. The summed E-state index contributed by atoms with van der Waals surface area (Å²) in [6.45, 7) is 1.80. The second-order valence-electron chi connectivity index (χ2n) is 5.65. The Kier molecular flexibility index (Phi) is 5.17. The molecule has 4 rings (SSSR count). The maximum absolute atomic E-state index is 12.7. The molecule has 0 aliphatic carbocycles. The molecule has 0 bridgehead atoms. The van der Waals surface area contributed by atoms with Crippen molar-refractivity contribution >= 4 is 54.8 Å². The lowest BCUT2D eigenvalue weighted by molar-refractivity contribution is 0.173. The van der Waals surface area contributed by atoms with Gasteiger partial charge in [0.1, 0.15) is 21.7 Å². The van der Waals surface area contributed by atoms with Crippen LogP contribution in [0.2, 0.25) is 5.02 Å². The summed E-state index contributed by atoms with van der Waals surface area (Å²) in [5, 5.41) is 5.71. The molecule has 0 saturated carbocycles. The van der Waals surface area contributed by atoms with Crippen LogP contribution in [0, 0.1) is 6.92 Å². The minimum absolute atomic E-state index is 0.00385. The number of fused-ring (bicyclic) bond motifs is 1. The molecule has 3 aromatic rings. The Bertz CT molecular complexity index is 1140. The lowest BCUT2D eigenvalue weighted by atomic mass is 10.3. The van der Waals surface area contributed by atoms with Crippen LogP contribution in [0.3, 0.4) is 0 Å². The number of aryl methyl sites for hydroxylation is 1. The van der Waals surface area contributed by atoms with Crippen LogP contribution in [0.4, 0.5) is 5.88 Å². The van der Waals surface area contributed by atoms with E-state index >= 15 is 0 Å². The van der Waals surface area contributed by atoms with Crippen molar-refractivity contribution in [1.82, 2.24) is 5.16 Å². The number of halogens is 2. The van der Waals surface area contributed by atoms with Crippen LogP contribution in [0.5, 0.6) is 17.2 Å². The fraction of sp³-hybridized carbons (Fsp3) is 0.188. The number of benzene rings is 1. The number of nitrogens with zero attached hydrogens (tertiary/aromatic N) is 1. The van der Waals surface area contributed by atoms with E-state index in [9.17, 15) is 8.42 Å². The Balaban J connectivity index is 1.54. The van der Waals surface area contributed by atoms with E-state index in [2.05, 4.69) is 25.8 Å². The lowest BCUT2D eigenvalue weighted by Crippen LogP contribution is -2.14. The number of rotatable bonds is 6. The Hall–Kier alpha value is -1.95. The smallest absolute Gasteiger partial charge is 0.265 e. The zero-order valence-electron chi connectivity index (χ0n) is 14.2. The zero-order valence-corrected chi connectivity index (χ0v) is 18.2. The van der Waals surface area contributed by atoms with Crippen LogP contribution in [0.1, 0.15) is 10.6 Å². The first kappa shape index (κ1) is 19.4. The van der Waals surface area contributed by atoms with Gasteiger partial charge in [-0.1, -0.05) is 16.8 Å². The quantitative estimate of drug-likeness (QED) is 0.522. The van der Waals surface area contributed by atoms with Gasteiger partial charge in [-0.2, -0.15) is 0 Å². The molecule has 0 fully saturated rings. The third-order valence-electron chi connectivity index (χ3n) is 3.80. The van der Waals surface area contributed by atoms with Crippen LogP contribution in [0.15, 0.2) is 37.5 Å². The molecule has 0 unspecified atom stereocenters. The van der Waals surface area contributed by atoms with Gasteiger partial charge < -0.3 is 18.7 Å². The van der Waals surface area contributed by atoms with E-state index in [-0.39, 0.29) is 24.2 Å². The van der Waals surface area contributed by atoms with Gasteiger partial charge in [0.05, 0.1) is 15.6 Å². The Morgan fingerprint density at radius 2 is 2.11 bits per heavy atom. The van der Waals surface area contributed by atoms with Crippen molar-refractivity contribution in [3.63, 3.8) is 0 Å². The first-order valence-corrected chi connectivity index (χ1v) is 11.3. The molecule has 2 aromatic heterocycles. The minimum Gasteiger partial charge on any atom is -0.486 e. The summed E-state index contributed by atoms with van der Waals surface area (Å²) in [5.41, 5.74) is 0.532. The Morgan fingerprint density at radius 3 is 2.82 bits per heavy atom. The van der Waals surface area contributed by atoms with Gasteiger partial charge in [0.25, 0.3) is 15.9 Å². The molecule has 1 aliphatic heterocycles. The number of thiophene rings is 1. The van der Waals surface area contributed by atoms with Gasteiger partial charge in [0.15, 0.2) is 11.5 Å². The van der Waals surface area contributed by atoms with Crippen LogP contribution in [0.25, 0.3) is 0 Å². The molecule has 0 saturated heterocycles. The molecule has 1 N–H and O–H groups in total. The number of aromatic nitrogens is 1. The second-order valence-corrected chi connectivity index (χ2v) is 9.50. The monoisotopic (exact) mass is 506 g/mol. The van der Waals surface area contributed by atoms with Crippen LogP contribution >= 0.6 is 38.9 Å². The first-order valence-electron chi connectivity index (χ1n) is 7.78. The maximum Gasteiger partial charge on any atom is 0.265 e. The highest BCUT2D eigenvalue weighted by Crippen LogP contribution is 2.41. The number of hydrogen-bond acceptors (Lipinski definition) is 8. The van der Waals surface area contributed by atoms with E-state index in [1.54, 1.807) is 24.4 Å². The Morgan fingerprint density at radius 1 is 1.36 bits per heavy atom. The van der Waals surface area contributed by atoms with E-state index in [1.165, 1.54) is 17.4 Å². The molecular formula is C16H12BrClN2O6S2. The summed E-state index contributed by atoms with van der Waals surface area (Å²) in [4.78, 5) is 0.573. The van der Waals surface area contributed by atoms with E-state index in [1.807, 2.05) is 0 Å². The molecule has 0 radical (unpaired) electrons. The normalized spacial score (nSPS) is 13.0. The van der Waals surface area contributed by atoms with Gasteiger partial charge in [-0.15, -0.1) is 11.3 Å². The van der Waals surface area contributed by atoms with E-state index in [0.717, 1.165) is 0 Å². The Labute approximate surface area is 177 Å². The molecular weight excluding hydrogens is 496 g/mol. The van der Waals surface area contributed by atoms with Crippen molar-refractivity contribution in [2.24, 2.45) is 0 Å². The molecule has 12 heteroatoms. The highest BCUT2D eigenvalue weighted by Gasteiger charge is 2.24. The van der Waals surface area contributed by atoms with Crippen molar-refractivity contribution in [1.29, 1.82) is 0 Å². The fourth-order valence-electron chi connectivity index (χ4n) is 2.43. The van der Waals surface area contributed by atoms with Crippen molar-refractivity contribution < 1.29 is 27.2 Å². The van der Waals surface area contributed by atoms with Gasteiger partial charge in [-0.05, 0) is 34.3 Å². The molecule has 28 heavy (non-hydrogen) atoms. The third-order valence-corrected chi connectivity index (χ3v) is 7.47. The van der Waals surface area contributed by atoms with E-state index in [4.69, 9.17) is 30.3 Å². The summed E-state index contributed by atoms with van der Waals surface area (Å²) >= 11 is 10.7. The highest BCUT2D eigenvalue weighted by molar-refractivity contribution is 9.10. The van der Waals surface area contributed by atoms with Gasteiger partial charge >= 0.3 is 0 Å². The largest absolute Gasteiger partial charge is 0.486 e. The zero-order chi connectivity index (χ0) is 19.9. The average Bonchev–Trinajstić information content (AvgIpc) is 3.36. The van der Waals surface area contributed by atoms with Crippen molar-refractivity contribution in [3.05, 3.63) is 43.6 Å². The molecule has 8 nitrogen and oxygen atoms in total. The van der Waals surface area contributed by atoms with Gasteiger partial charge in [0, 0.05) is 12.1 Å². The number of hydrogen-bond donors (Lipinski definition) is 1. The number of anilines is 1. The van der Waals surface area contributed by atoms with Gasteiger partial charge in [-0.3, -0.25) is 0 Å². The number of ether oxygens (including phenoxy) is 3.